The van der Waals surface area contributed by atoms with Crippen molar-refractivity contribution in [1.82, 2.24) is 9.97 Å². The van der Waals surface area contributed by atoms with Gasteiger partial charge in [-0.05, 0) is 47.5 Å². The summed E-state index contributed by atoms with van der Waals surface area (Å²) in [7, 11) is 1.52. The highest BCUT2D eigenvalue weighted by molar-refractivity contribution is 9.10. The van der Waals surface area contributed by atoms with Gasteiger partial charge in [0.2, 0.25) is 0 Å². The lowest BCUT2D eigenvalue weighted by Crippen LogP contribution is -2.16. The zero-order valence-electron chi connectivity index (χ0n) is 15.4. The van der Waals surface area contributed by atoms with Crippen molar-refractivity contribution in [1.29, 1.82) is 0 Å². The number of nitrogens with two attached hydrogens (primary N) is 1. The molecule has 0 fully saturated rings. The molecule has 0 aliphatic carbocycles. The van der Waals surface area contributed by atoms with Crippen LogP contribution in [-0.2, 0) is 0 Å². The Labute approximate surface area is 174 Å². The summed E-state index contributed by atoms with van der Waals surface area (Å²) in [5.41, 5.74) is 8.03. The normalized spacial score (nSPS) is 12.1. The van der Waals surface area contributed by atoms with Gasteiger partial charge in [0.15, 0.2) is 0 Å². The summed E-state index contributed by atoms with van der Waals surface area (Å²) < 4.78 is 21.0. The average molecular weight is 454 g/mol. The Kier molecular flexibility index (Phi) is 5.17. The third kappa shape index (κ3) is 3.66. The number of methoxy groups -OCH3 is 1. The van der Waals surface area contributed by atoms with E-state index in [1.807, 2.05) is 24.3 Å². The van der Waals surface area contributed by atoms with Gasteiger partial charge in [0.05, 0.1) is 29.6 Å². The summed E-state index contributed by atoms with van der Waals surface area (Å²) in [6, 6.07) is 16.5. The van der Waals surface area contributed by atoms with Crippen LogP contribution in [0.3, 0.4) is 0 Å². The number of H-pyrrole nitrogens is 1. The molecule has 0 aliphatic rings. The molecule has 1 heterocycles. The molecule has 1 atom stereocenters. The summed E-state index contributed by atoms with van der Waals surface area (Å²) in [5.74, 6) is 0.167. The van der Waals surface area contributed by atoms with E-state index in [2.05, 4.69) is 25.9 Å². The molecule has 5 nitrogen and oxygen atoms in total. The minimum Gasteiger partial charge on any atom is -0.497 e. The van der Waals surface area contributed by atoms with Crippen LogP contribution in [0.4, 0.5) is 4.39 Å². The first-order valence-electron chi connectivity index (χ1n) is 8.86. The molecule has 146 valence electrons. The number of ether oxygens (including phenoxy) is 1. The van der Waals surface area contributed by atoms with E-state index < -0.39 is 11.9 Å². The predicted molar refractivity (Wildman–Crippen MR) is 114 cm³/mol. The van der Waals surface area contributed by atoms with Gasteiger partial charge < -0.3 is 15.5 Å². The molecule has 0 saturated carbocycles. The summed E-state index contributed by atoms with van der Waals surface area (Å²) in [6.45, 7) is 0. The fraction of sp³-hybridized carbons (Fsp3) is 0.0909. The topological polar surface area (TPSA) is 81.0 Å². The number of fused-ring (bicyclic) bond motifs is 1. The predicted octanol–water partition coefficient (Wildman–Crippen LogP) is 4.55. The van der Waals surface area contributed by atoms with Crippen molar-refractivity contribution >= 4 is 26.8 Å². The first-order chi connectivity index (χ1) is 14.0. The smallest absolute Gasteiger partial charge is 0.259 e. The minimum atomic E-state index is -0.592. The second-order valence-corrected chi connectivity index (χ2v) is 7.45. The van der Waals surface area contributed by atoms with Crippen LogP contribution in [0.5, 0.6) is 5.75 Å². The lowest BCUT2D eigenvalue weighted by atomic mass is 9.94. The zero-order valence-corrected chi connectivity index (χ0v) is 17.0. The van der Waals surface area contributed by atoms with Gasteiger partial charge in [0.25, 0.3) is 5.56 Å². The molecule has 29 heavy (non-hydrogen) atoms. The summed E-state index contributed by atoms with van der Waals surface area (Å²) in [5, 5.41) is 0.364. The van der Waals surface area contributed by atoms with E-state index in [1.165, 1.54) is 13.2 Å². The van der Waals surface area contributed by atoms with Gasteiger partial charge in [-0.1, -0.05) is 40.2 Å². The van der Waals surface area contributed by atoms with Crippen LogP contribution in [0.25, 0.3) is 22.3 Å². The Hall–Kier alpha value is -3.03. The van der Waals surface area contributed by atoms with Gasteiger partial charge in [-0.15, -0.1) is 0 Å². The van der Waals surface area contributed by atoms with E-state index in [0.29, 0.717) is 22.2 Å². The van der Waals surface area contributed by atoms with Gasteiger partial charge in [-0.25, -0.2) is 9.37 Å². The molecule has 0 radical (unpaired) electrons. The first-order valence-corrected chi connectivity index (χ1v) is 9.65. The number of halogens is 2. The van der Waals surface area contributed by atoms with Crippen molar-refractivity contribution in [2.45, 2.75) is 6.04 Å². The number of nitrogens with one attached hydrogen (secondary N) is 1. The Bertz CT molecular complexity index is 1260. The third-order valence-corrected chi connectivity index (χ3v) is 5.29. The SMILES string of the molecule is COc1ccc2nc(-c3c(F)cccc3C(N)c3ccc(Br)cc3)[nH]c(=O)c2c1. The van der Waals surface area contributed by atoms with E-state index in [4.69, 9.17) is 10.5 Å². The fourth-order valence-corrected chi connectivity index (χ4v) is 3.53. The van der Waals surface area contributed by atoms with Crippen LogP contribution < -0.4 is 16.0 Å². The van der Waals surface area contributed by atoms with Crippen molar-refractivity contribution in [3.8, 4) is 17.1 Å². The van der Waals surface area contributed by atoms with Crippen LogP contribution in [0, 0.1) is 5.82 Å². The maximum absolute atomic E-state index is 14.9. The van der Waals surface area contributed by atoms with E-state index in [9.17, 15) is 9.18 Å². The number of aromatic amines is 1. The number of aromatic nitrogens is 2. The first kappa shape index (κ1) is 19.3. The number of nitrogens with zero attached hydrogens (tertiary/aromatic N) is 1. The highest BCUT2D eigenvalue weighted by Gasteiger charge is 2.20. The van der Waals surface area contributed by atoms with Crippen molar-refractivity contribution in [2.75, 3.05) is 7.11 Å². The molecule has 0 amide bonds. The Balaban J connectivity index is 1.89. The van der Waals surface area contributed by atoms with Gasteiger partial charge in [-0.3, -0.25) is 4.79 Å². The monoisotopic (exact) mass is 453 g/mol. The molecule has 3 N–H and O–H groups in total. The van der Waals surface area contributed by atoms with Crippen molar-refractivity contribution < 1.29 is 9.13 Å². The van der Waals surface area contributed by atoms with Gasteiger partial charge in [0.1, 0.15) is 17.4 Å². The molecule has 4 rings (SSSR count). The largest absolute Gasteiger partial charge is 0.497 e. The van der Waals surface area contributed by atoms with E-state index >= 15 is 0 Å². The molecule has 7 heteroatoms. The molecule has 1 aromatic heterocycles. The highest BCUT2D eigenvalue weighted by atomic mass is 79.9. The standard InChI is InChI=1S/C22H17BrFN3O2/c1-29-14-9-10-18-16(11-14)22(28)27-21(26-18)19-15(3-2-4-17(19)24)20(25)12-5-7-13(23)8-6-12/h2-11,20H,25H2,1H3,(H,26,27,28). The maximum atomic E-state index is 14.9. The van der Waals surface area contributed by atoms with Crippen molar-refractivity contribution in [3.05, 3.63) is 92.4 Å². The molecule has 4 aromatic rings. The summed E-state index contributed by atoms with van der Waals surface area (Å²) in [4.78, 5) is 19.8. The van der Waals surface area contributed by atoms with Crippen LogP contribution in [-0.4, -0.2) is 17.1 Å². The molecule has 1 unspecified atom stereocenters. The molecule has 0 spiro atoms. The minimum absolute atomic E-state index is 0.133. The summed E-state index contributed by atoms with van der Waals surface area (Å²) >= 11 is 3.40. The average Bonchev–Trinajstić information content (AvgIpc) is 2.73. The molecule has 0 saturated heterocycles. The summed E-state index contributed by atoms with van der Waals surface area (Å²) in [6.07, 6.45) is 0. The fourth-order valence-electron chi connectivity index (χ4n) is 3.26. The Morgan fingerprint density at radius 3 is 2.62 bits per heavy atom. The van der Waals surface area contributed by atoms with Crippen LogP contribution in [0.15, 0.2) is 69.9 Å². The van der Waals surface area contributed by atoms with Crippen molar-refractivity contribution in [2.24, 2.45) is 5.73 Å². The van der Waals surface area contributed by atoms with Gasteiger partial charge in [0, 0.05) is 4.47 Å². The lowest BCUT2D eigenvalue weighted by Gasteiger charge is -2.17. The molecular weight excluding hydrogens is 437 g/mol. The second kappa shape index (κ2) is 7.77. The van der Waals surface area contributed by atoms with Gasteiger partial charge >= 0.3 is 0 Å². The number of hydrogen-bond donors (Lipinski definition) is 2. The maximum Gasteiger partial charge on any atom is 0.259 e. The molecule has 3 aromatic carbocycles. The van der Waals surface area contributed by atoms with Crippen LogP contribution in [0.2, 0.25) is 0 Å². The zero-order chi connectivity index (χ0) is 20.5. The van der Waals surface area contributed by atoms with E-state index in [1.54, 1.807) is 30.3 Å². The molecule has 0 bridgehead atoms. The van der Waals surface area contributed by atoms with Gasteiger partial charge in [-0.2, -0.15) is 0 Å². The third-order valence-electron chi connectivity index (χ3n) is 4.76. The molecule has 0 aliphatic heterocycles. The highest BCUT2D eigenvalue weighted by Crippen LogP contribution is 2.32. The van der Waals surface area contributed by atoms with E-state index in [-0.39, 0.29) is 16.9 Å². The number of hydrogen-bond acceptors (Lipinski definition) is 4. The Morgan fingerprint density at radius 1 is 1.14 bits per heavy atom. The van der Waals surface area contributed by atoms with Crippen LogP contribution in [0.1, 0.15) is 17.2 Å². The number of benzene rings is 3. The lowest BCUT2D eigenvalue weighted by molar-refractivity contribution is 0.415. The second-order valence-electron chi connectivity index (χ2n) is 6.53. The number of rotatable bonds is 4. The Morgan fingerprint density at radius 2 is 1.90 bits per heavy atom. The van der Waals surface area contributed by atoms with E-state index in [0.717, 1.165) is 10.0 Å². The quantitative estimate of drug-likeness (QED) is 0.474. The molecular formula is C22H17BrFN3O2. The van der Waals surface area contributed by atoms with Crippen molar-refractivity contribution in [3.63, 3.8) is 0 Å². The van der Waals surface area contributed by atoms with Crippen LogP contribution >= 0.6 is 15.9 Å².